The Balaban J connectivity index is 0.00000121. The van der Waals surface area contributed by atoms with Crippen LogP contribution in [0.2, 0.25) is 0 Å². The summed E-state index contributed by atoms with van der Waals surface area (Å²) in [6.45, 7) is 2.00. The van der Waals surface area contributed by atoms with E-state index in [1.165, 1.54) is 11.8 Å². The number of halogens is 2. The predicted molar refractivity (Wildman–Crippen MR) is 146 cm³/mol. The third-order valence-electron chi connectivity index (χ3n) is 6.09. The number of hydrogen-bond acceptors (Lipinski definition) is 5. The first-order valence-electron chi connectivity index (χ1n) is 11.8. The van der Waals surface area contributed by atoms with Crippen molar-refractivity contribution in [2.75, 3.05) is 6.26 Å². The number of carbonyl (C=O) groups is 1. The van der Waals surface area contributed by atoms with Crippen LogP contribution in [0.1, 0.15) is 48.1 Å². The summed E-state index contributed by atoms with van der Waals surface area (Å²) in [7, 11) is 6.45. The maximum atomic E-state index is 12.9. The molecule has 2 aromatic carbocycles. The van der Waals surface area contributed by atoms with E-state index in [0.717, 1.165) is 54.5 Å². The summed E-state index contributed by atoms with van der Waals surface area (Å²) < 4.78 is 29.6. The van der Waals surface area contributed by atoms with Crippen LogP contribution < -0.4 is 0 Å². The molecule has 0 radical (unpaired) electrons. The third-order valence-corrected chi connectivity index (χ3v) is 7.22. The first-order chi connectivity index (χ1) is 17.7. The predicted octanol–water partition coefficient (Wildman–Crippen LogP) is 6.81. The van der Waals surface area contributed by atoms with Crippen molar-refractivity contribution in [3.8, 4) is 0 Å². The molecule has 0 fully saturated rings. The second-order valence-corrected chi connectivity index (χ2v) is 14.1. The number of sulfone groups is 1. The van der Waals surface area contributed by atoms with Crippen LogP contribution in [0.25, 0.3) is 11.1 Å². The summed E-state index contributed by atoms with van der Waals surface area (Å²) in [6, 6.07) is 20.4. The average Bonchev–Trinajstić information content (AvgIpc) is 3.20. The number of carbonyl (C=O) groups excluding carboxylic acids is 1. The van der Waals surface area contributed by atoms with Crippen molar-refractivity contribution in [2.24, 2.45) is 0 Å². The van der Waals surface area contributed by atoms with Gasteiger partial charge in [-0.3, -0.25) is 4.98 Å². The van der Waals surface area contributed by atoms with Gasteiger partial charge >= 0.3 is 41.3 Å². The van der Waals surface area contributed by atoms with Crippen LogP contribution in [0.4, 0.5) is 0 Å². The molecule has 0 N–H and O–H groups in total. The molecule has 1 unspecified atom stereocenters. The van der Waals surface area contributed by atoms with E-state index in [1.54, 1.807) is 24.3 Å². The first-order valence-corrected chi connectivity index (χ1v) is 19.3. The molecular weight excluding hydrogens is 712 g/mol. The molecule has 200 valence electrons. The van der Waals surface area contributed by atoms with E-state index in [4.69, 9.17) is 23.6 Å². The SMILES string of the molecule is Cc1cc(CCCCCC2OC(=O)C(c3ccccc3)=C2c2ccc(S(C)(=O)=O)cc2)ccn1.[Cl][Pt][Cl]. The van der Waals surface area contributed by atoms with Crippen LogP contribution in [0.5, 0.6) is 0 Å². The minimum atomic E-state index is -3.30. The number of esters is 1. The molecule has 1 atom stereocenters. The van der Waals surface area contributed by atoms with Crippen LogP contribution in [0.3, 0.4) is 0 Å². The second kappa shape index (κ2) is 14.2. The molecule has 0 bridgehead atoms. The van der Waals surface area contributed by atoms with Gasteiger partial charge in [-0.15, -0.1) is 0 Å². The van der Waals surface area contributed by atoms with Gasteiger partial charge in [0, 0.05) is 23.7 Å². The number of unbranched alkanes of at least 4 members (excludes halogenated alkanes) is 2. The Hall–Kier alpha value is -1.98. The van der Waals surface area contributed by atoms with Gasteiger partial charge in [0.1, 0.15) is 6.10 Å². The normalized spacial score (nSPS) is 15.4. The monoisotopic (exact) mass is 740 g/mol. The van der Waals surface area contributed by atoms with Gasteiger partial charge in [0.05, 0.1) is 10.5 Å². The fourth-order valence-electron chi connectivity index (χ4n) is 4.41. The van der Waals surface area contributed by atoms with Gasteiger partial charge in [-0.1, -0.05) is 48.9 Å². The molecule has 0 amide bonds. The Morgan fingerprint density at radius 2 is 1.62 bits per heavy atom. The second-order valence-electron chi connectivity index (χ2n) is 8.80. The Labute approximate surface area is 235 Å². The van der Waals surface area contributed by atoms with Crippen LogP contribution in [-0.2, 0) is 42.3 Å². The number of hydrogen-bond donors (Lipinski definition) is 0. The standard InChI is InChI=1S/C28H29NO4S.2ClH.Pt/c1-20-19-21(17-18-29-20)9-5-3-8-12-25-26(23-13-15-24(16-14-23)34(2,31)32)27(28(30)33-25)22-10-6-4-7-11-22;;;/h4,6-7,10-11,13-19,25H,3,5,8-9,12H2,1-2H3;2*1H;/q;;;+2/p-2. The molecule has 0 aliphatic carbocycles. The van der Waals surface area contributed by atoms with E-state index in [1.807, 2.05) is 43.5 Å². The van der Waals surface area contributed by atoms with Crippen LogP contribution >= 0.6 is 18.8 Å². The van der Waals surface area contributed by atoms with Gasteiger partial charge in [0.25, 0.3) is 0 Å². The van der Waals surface area contributed by atoms with Crippen LogP contribution in [0.15, 0.2) is 77.8 Å². The maximum absolute atomic E-state index is 12.9. The molecule has 0 saturated heterocycles. The molecule has 0 spiro atoms. The zero-order valence-corrected chi connectivity index (χ0v) is 25.2. The number of benzene rings is 2. The number of nitrogens with zero attached hydrogens (tertiary/aromatic N) is 1. The summed E-state index contributed by atoms with van der Waals surface area (Å²) in [6.07, 6.45) is 7.41. The van der Waals surface area contributed by atoms with Crippen LogP contribution in [0, 0.1) is 6.92 Å². The topological polar surface area (TPSA) is 73.3 Å². The number of pyridine rings is 1. The van der Waals surface area contributed by atoms with E-state index in [9.17, 15) is 13.2 Å². The van der Waals surface area contributed by atoms with E-state index in [2.05, 4.69) is 17.1 Å². The molecule has 3 aromatic rings. The Morgan fingerprint density at radius 3 is 2.24 bits per heavy atom. The molecule has 1 aliphatic rings. The van der Waals surface area contributed by atoms with Gasteiger partial charge in [0.15, 0.2) is 9.84 Å². The number of cyclic esters (lactones) is 1. The molecular formula is C28H29Cl2NO4PtS. The molecule has 37 heavy (non-hydrogen) atoms. The van der Waals surface area contributed by atoms with E-state index < -0.39 is 26.3 Å². The molecule has 0 saturated carbocycles. The number of aryl methyl sites for hydroxylation is 2. The fraction of sp³-hybridized carbons (Fsp3) is 0.286. The zero-order valence-electron chi connectivity index (χ0n) is 20.6. The zero-order chi connectivity index (χ0) is 26.8. The van der Waals surface area contributed by atoms with Gasteiger partial charge in [-0.2, -0.15) is 0 Å². The quantitative estimate of drug-likeness (QED) is 0.178. The van der Waals surface area contributed by atoms with Crippen molar-refractivity contribution < 1.29 is 34.4 Å². The van der Waals surface area contributed by atoms with Gasteiger partial charge < -0.3 is 4.74 Å². The molecule has 1 aromatic heterocycles. The number of ether oxygens (including phenoxy) is 1. The summed E-state index contributed by atoms with van der Waals surface area (Å²) in [5.74, 6) is -0.328. The fourth-order valence-corrected chi connectivity index (χ4v) is 5.04. The van der Waals surface area contributed by atoms with Crippen molar-refractivity contribution in [2.45, 2.75) is 50.0 Å². The van der Waals surface area contributed by atoms with E-state index in [0.29, 0.717) is 5.57 Å². The van der Waals surface area contributed by atoms with Crippen LogP contribution in [-0.4, -0.2) is 31.7 Å². The van der Waals surface area contributed by atoms with E-state index >= 15 is 0 Å². The minimum absolute atomic E-state index is 0.256. The van der Waals surface area contributed by atoms with Gasteiger partial charge in [0.2, 0.25) is 0 Å². The summed E-state index contributed by atoms with van der Waals surface area (Å²) in [5.41, 5.74) is 5.34. The average molecular weight is 742 g/mol. The Bertz CT molecular complexity index is 1330. The Morgan fingerprint density at radius 1 is 0.946 bits per heavy atom. The van der Waals surface area contributed by atoms with Crippen molar-refractivity contribution in [1.29, 1.82) is 0 Å². The Kier molecular flexibility index (Phi) is 11.4. The van der Waals surface area contributed by atoms with Crippen molar-refractivity contribution in [1.82, 2.24) is 4.98 Å². The molecule has 5 nitrogen and oxygen atoms in total. The molecule has 9 heteroatoms. The third kappa shape index (κ3) is 8.51. The van der Waals surface area contributed by atoms with Crippen molar-refractivity contribution >= 4 is 45.8 Å². The van der Waals surface area contributed by atoms with Crippen molar-refractivity contribution in [3.05, 3.63) is 95.3 Å². The number of rotatable bonds is 9. The number of aromatic nitrogens is 1. The van der Waals surface area contributed by atoms with Gasteiger partial charge in [-0.25, -0.2) is 13.2 Å². The van der Waals surface area contributed by atoms with Crippen molar-refractivity contribution in [3.63, 3.8) is 0 Å². The van der Waals surface area contributed by atoms with Gasteiger partial charge in [-0.05, 0) is 73.6 Å². The first kappa shape index (κ1) is 29.6. The summed E-state index contributed by atoms with van der Waals surface area (Å²) in [5, 5.41) is 0. The van der Waals surface area contributed by atoms with E-state index in [-0.39, 0.29) is 17.0 Å². The molecule has 2 heterocycles. The molecule has 4 rings (SSSR count). The summed E-state index contributed by atoms with van der Waals surface area (Å²) >= 11 is -0.472. The molecule has 1 aliphatic heterocycles. The summed E-state index contributed by atoms with van der Waals surface area (Å²) in [4.78, 5) is 17.4.